The van der Waals surface area contributed by atoms with Crippen molar-refractivity contribution >= 4 is 6.09 Å². The normalized spacial score (nSPS) is 18.3. The molecule has 0 bridgehead atoms. The topological polar surface area (TPSA) is 71.0 Å². The van der Waals surface area contributed by atoms with Gasteiger partial charge in [-0.1, -0.05) is 0 Å². The van der Waals surface area contributed by atoms with Crippen molar-refractivity contribution in [3.63, 3.8) is 0 Å². The van der Waals surface area contributed by atoms with Crippen LogP contribution in [0, 0.1) is 5.92 Å². The summed E-state index contributed by atoms with van der Waals surface area (Å²) in [5, 5.41) is 12.9. The van der Waals surface area contributed by atoms with E-state index in [-0.39, 0.29) is 6.09 Å². The number of carbonyl (C=O) groups is 1. The molecule has 0 aliphatic carbocycles. The number of amides is 1. The molecule has 1 fully saturated rings. The maximum absolute atomic E-state index is 12.0. The molecule has 0 aromatic rings. The number of carbonyl (C=O) groups excluding carboxylic acids is 1. The molecular weight excluding hydrogens is 284 g/mol. The molecule has 1 heterocycles. The fourth-order valence-electron chi connectivity index (χ4n) is 2.50. The highest BCUT2D eigenvalue weighted by atomic mass is 16.6. The predicted molar refractivity (Wildman–Crippen MR) is 85.9 cm³/mol. The summed E-state index contributed by atoms with van der Waals surface area (Å²) < 4.78 is 10.3. The van der Waals surface area contributed by atoms with Crippen molar-refractivity contribution in [3.05, 3.63) is 0 Å². The van der Waals surface area contributed by atoms with E-state index in [0.29, 0.717) is 18.9 Å². The number of rotatable bonds is 7. The van der Waals surface area contributed by atoms with E-state index in [1.54, 1.807) is 12.0 Å². The highest BCUT2D eigenvalue weighted by Gasteiger charge is 2.26. The first-order valence-electron chi connectivity index (χ1n) is 8.17. The van der Waals surface area contributed by atoms with Crippen LogP contribution in [0.1, 0.15) is 40.0 Å². The van der Waals surface area contributed by atoms with Crippen molar-refractivity contribution in [1.29, 1.82) is 0 Å². The van der Waals surface area contributed by atoms with E-state index < -0.39 is 11.7 Å². The van der Waals surface area contributed by atoms with E-state index in [1.165, 1.54) is 0 Å². The Kier molecular flexibility index (Phi) is 8.14. The second-order valence-electron chi connectivity index (χ2n) is 7.01. The number of aliphatic hydroxyl groups excluding tert-OH is 1. The van der Waals surface area contributed by atoms with Gasteiger partial charge < -0.3 is 24.8 Å². The number of piperidine rings is 1. The number of nitrogens with zero attached hydrogens (tertiary/aromatic N) is 1. The van der Waals surface area contributed by atoms with Gasteiger partial charge in [-0.3, -0.25) is 0 Å². The van der Waals surface area contributed by atoms with Crippen LogP contribution in [0.15, 0.2) is 0 Å². The molecule has 1 saturated heterocycles. The number of aliphatic hydroxyl groups is 1. The van der Waals surface area contributed by atoms with Crippen molar-refractivity contribution in [1.82, 2.24) is 10.2 Å². The molecule has 1 atom stereocenters. The lowest BCUT2D eigenvalue weighted by Gasteiger charge is -2.33. The molecule has 1 rings (SSSR count). The molecule has 0 aromatic carbocycles. The second kappa shape index (κ2) is 9.33. The molecule has 6 nitrogen and oxygen atoms in total. The Labute approximate surface area is 134 Å². The summed E-state index contributed by atoms with van der Waals surface area (Å²) >= 11 is 0. The van der Waals surface area contributed by atoms with E-state index in [0.717, 1.165) is 39.0 Å². The van der Waals surface area contributed by atoms with E-state index in [9.17, 15) is 9.90 Å². The minimum atomic E-state index is -0.432. The first-order valence-corrected chi connectivity index (χ1v) is 8.17. The molecule has 6 heteroatoms. The molecule has 2 N–H and O–H groups in total. The lowest BCUT2D eigenvalue weighted by Crippen LogP contribution is -2.43. The fourth-order valence-corrected chi connectivity index (χ4v) is 2.50. The zero-order valence-electron chi connectivity index (χ0n) is 14.4. The number of hydrogen-bond acceptors (Lipinski definition) is 5. The maximum Gasteiger partial charge on any atom is 0.410 e. The Morgan fingerprint density at radius 2 is 2.00 bits per heavy atom. The van der Waals surface area contributed by atoms with Crippen LogP contribution in [0.4, 0.5) is 4.79 Å². The smallest absolute Gasteiger partial charge is 0.410 e. The van der Waals surface area contributed by atoms with E-state index in [2.05, 4.69) is 5.32 Å². The summed E-state index contributed by atoms with van der Waals surface area (Å²) in [6.07, 6.45) is 2.08. The van der Waals surface area contributed by atoms with Crippen molar-refractivity contribution in [2.24, 2.45) is 5.92 Å². The second-order valence-corrected chi connectivity index (χ2v) is 7.01. The number of hydrogen-bond donors (Lipinski definition) is 2. The van der Waals surface area contributed by atoms with Gasteiger partial charge in [0, 0.05) is 20.2 Å². The van der Waals surface area contributed by atoms with Gasteiger partial charge in [0.05, 0.1) is 12.7 Å². The van der Waals surface area contributed by atoms with Gasteiger partial charge in [0.1, 0.15) is 5.60 Å². The fraction of sp³-hybridized carbons (Fsp3) is 0.938. The molecule has 1 aliphatic heterocycles. The Hall–Kier alpha value is -0.850. The average Bonchev–Trinajstić information content (AvgIpc) is 2.43. The highest BCUT2D eigenvalue weighted by molar-refractivity contribution is 5.68. The Bertz CT molecular complexity index is 323. The van der Waals surface area contributed by atoms with Crippen LogP contribution >= 0.6 is 0 Å². The molecule has 0 radical (unpaired) electrons. The Morgan fingerprint density at radius 3 is 2.55 bits per heavy atom. The first kappa shape index (κ1) is 19.2. The first-order chi connectivity index (χ1) is 10.3. The van der Waals surface area contributed by atoms with Gasteiger partial charge in [-0.15, -0.1) is 0 Å². The summed E-state index contributed by atoms with van der Waals surface area (Å²) in [5.74, 6) is 0.582. The third kappa shape index (κ3) is 7.96. The third-order valence-electron chi connectivity index (χ3n) is 3.71. The molecule has 1 aliphatic rings. The van der Waals surface area contributed by atoms with Gasteiger partial charge in [-0.25, -0.2) is 4.79 Å². The third-order valence-corrected chi connectivity index (χ3v) is 3.71. The minimum Gasteiger partial charge on any atom is -0.444 e. The molecule has 130 valence electrons. The Morgan fingerprint density at radius 1 is 1.36 bits per heavy atom. The van der Waals surface area contributed by atoms with E-state index in [1.807, 2.05) is 20.8 Å². The van der Waals surface area contributed by atoms with E-state index in [4.69, 9.17) is 9.47 Å². The number of ether oxygens (including phenoxy) is 2. The monoisotopic (exact) mass is 316 g/mol. The van der Waals surface area contributed by atoms with Gasteiger partial charge in [0.25, 0.3) is 0 Å². The van der Waals surface area contributed by atoms with Crippen LogP contribution in [-0.4, -0.2) is 67.7 Å². The number of likely N-dealkylation sites (tertiary alicyclic amines) is 1. The minimum absolute atomic E-state index is 0.207. The molecule has 0 saturated carbocycles. The number of nitrogens with one attached hydrogen (secondary N) is 1. The van der Waals surface area contributed by atoms with Crippen molar-refractivity contribution in [3.8, 4) is 0 Å². The summed E-state index contributed by atoms with van der Waals surface area (Å²) in [4.78, 5) is 13.8. The molecular formula is C16H32N2O4. The summed E-state index contributed by atoms with van der Waals surface area (Å²) in [6.45, 7) is 9.29. The van der Waals surface area contributed by atoms with Crippen LogP contribution in [0.3, 0.4) is 0 Å². The molecule has 0 aromatic heterocycles. The van der Waals surface area contributed by atoms with Crippen LogP contribution < -0.4 is 5.32 Å². The molecule has 1 amide bonds. The molecule has 1 unspecified atom stereocenters. The largest absolute Gasteiger partial charge is 0.444 e. The SMILES string of the molecule is COCC(O)CCNCC1CCN(C(=O)OC(C)(C)C)CC1. The van der Waals surface area contributed by atoms with Crippen molar-refractivity contribution in [2.75, 3.05) is 39.9 Å². The summed E-state index contributed by atoms with van der Waals surface area (Å²) in [6, 6.07) is 0. The van der Waals surface area contributed by atoms with Crippen molar-refractivity contribution < 1.29 is 19.4 Å². The average molecular weight is 316 g/mol. The standard InChI is InChI=1S/C16H32N2O4/c1-16(2,3)22-15(20)18-9-6-13(7-10-18)11-17-8-5-14(19)12-21-4/h13-14,17,19H,5-12H2,1-4H3. The lowest BCUT2D eigenvalue weighted by atomic mass is 9.97. The van der Waals surface area contributed by atoms with E-state index >= 15 is 0 Å². The lowest BCUT2D eigenvalue weighted by molar-refractivity contribution is 0.0183. The van der Waals surface area contributed by atoms with Gasteiger partial charge in [0.2, 0.25) is 0 Å². The predicted octanol–water partition coefficient (Wildman–Crippen LogP) is 1.62. The zero-order valence-corrected chi connectivity index (χ0v) is 14.4. The quantitative estimate of drug-likeness (QED) is 0.699. The Balaban J connectivity index is 2.14. The molecule has 22 heavy (non-hydrogen) atoms. The van der Waals surface area contributed by atoms with Crippen LogP contribution in [-0.2, 0) is 9.47 Å². The van der Waals surface area contributed by atoms with Crippen LogP contribution in [0.25, 0.3) is 0 Å². The van der Waals surface area contributed by atoms with Gasteiger partial charge in [-0.05, 0) is 59.0 Å². The highest BCUT2D eigenvalue weighted by Crippen LogP contribution is 2.19. The van der Waals surface area contributed by atoms with Gasteiger partial charge >= 0.3 is 6.09 Å². The van der Waals surface area contributed by atoms with Gasteiger partial charge in [0.15, 0.2) is 0 Å². The van der Waals surface area contributed by atoms with Crippen molar-refractivity contribution in [2.45, 2.75) is 51.7 Å². The summed E-state index contributed by atoms with van der Waals surface area (Å²) in [7, 11) is 1.59. The van der Waals surface area contributed by atoms with Crippen LogP contribution in [0.2, 0.25) is 0 Å². The molecule has 0 spiro atoms. The summed E-state index contributed by atoms with van der Waals surface area (Å²) in [5.41, 5.74) is -0.432. The number of methoxy groups -OCH3 is 1. The zero-order chi connectivity index (χ0) is 16.6. The van der Waals surface area contributed by atoms with Crippen LogP contribution in [0.5, 0.6) is 0 Å². The maximum atomic E-state index is 12.0. The van der Waals surface area contributed by atoms with Gasteiger partial charge in [-0.2, -0.15) is 0 Å².